The molecule has 19 heavy (non-hydrogen) atoms. The van der Waals surface area contributed by atoms with Crippen molar-refractivity contribution in [2.24, 2.45) is 5.92 Å². The largest absolute Gasteiger partial charge is 0.465 e. The first-order valence-corrected chi connectivity index (χ1v) is 7.53. The lowest BCUT2D eigenvalue weighted by molar-refractivity contribution is -0.145. The van der Waals surface area contributed by atoms with E-state index in [4.69, 9.17) is 4.74 Å². The van der Waals surface area contributed by atoms with Gasteiger partial charge in [-0.1, -0.05) is 13.8 Å². The first-order valence-electron chi connectivity index (χ1n) is 7.53. The fraction of sp³-hybridized carbons (Fsp3) is 0.867. The van der Waals surface area contributed by atoms with Crippen molar-refractivity contribution in [1.82, 2.24) is 4.90 Å². The summed E-state index contributed by atoms with van der Waals surface area (Å²) in [4.78, 5) is 25.2. The Morgan fingerprint density at radius 2 is 1.68 bits per heavy atom. The van der Waals surface area contributed by atoms with Crippen molar-refractivity contribution in [1.29, 1.82) is 0 Å². The first-order chi connectivity index (χ1) is 9.09. The van der Waals surface area contributed by atoms with Gasteiger partial charge in [-0.25, -0.2) is 0 Å². The van der Waals surface area contributed by atoms with E-state index in [2.05, 4.69) is 0 Å². The highest BCUT2D eigenvalue weighted by Gasteiger charge is 2.15. The van der Waals surface area contributed by atoms with Crippen molar-refractivity contribution in [2.45, 2.75) is 58.8 Å². The highest BCUT2D eigenvalue weighted by atomic mass is 16.5. The van der Waals surface area contributed by atoms with Crippen LogP contribution in [0.4, 0.5) is 0 Å². The Labute approximate surface area is 116 Å². The smallest absolute Gasteiger partial charge is 0.305 e. The summed E-state index contributed by atoms with van der Waals surface area (Å²) in [5.74, 6) is 0.485. The number of unbranched alkanes of at least 4 members (excludes halogenated alkanes) is 1. The molecule has 0 aromatic carbocycles. The topological polar surface area (TPSA) is 46.6 Å². The van der Waals surface area contributed by atoms with Gasteiger partial charge in [0.25, 0.3) is 0 Å². The summed E-state index contributed by atoms with van der Waals surface area (Å²) in [6, 6.07) is 0. The summed E-state index contributed by atoms with van der Waals surface area (Å²) < 4.78 is 5.09. The average Bonchev–Trinajstić information content (AvgIpc) is 2.42. The Bertz CT molecular complexity index is 283. The van der Waals surface area contributed by atoms with Gasteiger partial charge in [-0.05, 0) is 38.0 Å². The average molecular weight is 269 g/mol. The molecule has 0 spiro atoms. The van der Waals surface area contributed by atoms with Gasteiger partial charge in [-0.15, -0.1) is 0 Å². The molecule has 0 atom stereocenters. The first kappa shape index (κ1) is 16.0. The molecule has 0 unspecified atom stereocenters. The van der Waals surface area contributed by atoms with Gasteiger partial charge < -0.3 is 9.64 Å². The molecule has 0 N–H and O–H groups in total. The minimum Gasteiger partial charge on any atom is -0.465 e. The minimum atomic E-state index is -0.140. The lowest BCUT2D eigenvalue weighted by Crippen LogP contribution is -2.35. The van der Waals surface area contributed by atoms with E-state index in [0.717, 1.165) is 38.8 Å². The van der Waals surface area contributed by atoms with E-state index in [1.165, 1.54) is 6.42 Å². The molecule has 0 saturated carbocycles. The second-order valence-electron chi connectivity index (χ2n) is 5.73. The molecule has 1 saturated heterocycles. The zero-order valence-electron chi connectivity index (χ0n) is 12.3. The Morgan fingerprint density at radius 3 is 2.32 bits per heavy atom. The second-order valence-corrected chi connectivity index (χ2v) is 5.73. The highest BCUT2D eigenvalue weighted by molar-refractivity contribution is 5.76. The number of carbonyl (C=O) groups excluding carboxylic acids is 2. The molecule has 0 bridgehead atoms. The molecule has 0 aromatic heterocycles. The van der Waals surface area contributed by atoms with Crippen LogP contribution >= 0.6 is 0 Å². The summed E-state index contributed by atoms with van der Waals surface area (Å²) in [6.07, 6.45) is 6.03. The number of piperidine rings is 1. The lowest BCUT2D eigenvalue weighted by atomic mass is 10.1. The van der Waals surface area contributed by atoms with Crippen molar-refractivity contribution < 1.29 is 14.3 Å². The molecule has 4 nitrogen and oxygen atoms in total. The number of esters is 1. The summed E-state index contributed by atoms with van der Waals surface area (Å²) >= 11 is 0. The van der Waals surface area contributed by atoms with E-state index in [1.54, 1.807) is 0 Å². The van der Waals surface area contributed by atoms with Crippen molar-refractivity contribution in [3.05, 3.63) is 0 Å². The molecule has 1 rings (SSSR count). The van der Waals surface area contributed by atoms with E-state index in [-0.39, 0.29) is 11.9 Å². The standard InChI is InChI=1S/C15H27NO3/c1-13(2)12-19-15(18)9-5-4-8-14(17)16-10-6-3-7-11-16/h13H,3-12H2,1-2H3. The molecule has 1 aliphatic rings. The van der Waals surface area contributed by atoms with Gasteiger partial charge >= 0.3 is 5.97 Å². The molecule has 1 amide bonds. The van der Waals surface area contributed by atoms with Crippen molar-refractivity contribution in [3.8, 4) is 0 Å². The van der Waals surface area contributed by atoms with Gasteiger partial charge in [-0.2, -0.15) is 0 Å². The maximum Gasteiger partial charge on any atom is 0.305 e. The Balaban J connectivity index is 2.03. The van der Waals surface area contributed by atoms with Crippen LogP contribution in [0.1, 0.15) is 58.8 Å². The molecule has 1 fully saturated rings. The van der Waals surface area contributed by atoms with E-state index in [0.29, 0.717) is 25.4 Å². The third-order valence-corrected chi connectivity index (χ3v) is 3.31. The van der Waals surface area contributed by atoms with Crippen LogP contribution in [0.25, 0.3) is 0 Å². The SMILES string of the molecule is CC(C)COC(=O)CCCCC(=O)N1CCCCC1. The molecule has 1 heterocycles. The molecule has 1 aliphatic heterocycles. The van der Waals surface area contributed by atoms with Gasteiger partial charge in [0, 0.05) is 25.9 Å². The maximum atomic E-state index is 11.9. The van der Waals surface area contributed by atoms with Crippen molar-refractivity contribution in [2.75, 3.05) is 19.7 Å². The Kier molecular flexibility index (Phi) is 7.53. The van der Waals surface area contributed by atoms with Crippen LogP contribution in [-0.2, 0) is 14.3 Å². The minimum absolute atomic E-state index is 0.140. The number of ether oxygens (including phenoxy) is 1. The van der Waals surface area contributed by atoms with Crippen LogP contribution in [0, 0.1) is 5.92 Å². The maximum absolute atomic E-state index is 11.9. The summed E-state index contributed by atoms with van der Waals surface area (Å²) in [5, 5.41) is 0. The molecular weight excluding hydrogens is 242 g/mol. The van der Waals surface area contributed by atoms with Gasteiger partial charge in [0.15, 0.2) is 0 Å². The van der Waals surface area contributed by atoms with Crippen LogP contribution in [0.15, 0.2) is 0 Å². The molecular formula is C15H27NO3. The van der Waals surface area contributed by atoms with Crippen LogP contribution in [-0.4, -0.2) is 36.5 Å². The summed E-state index contributed by atoms with van der Waals surface area (Å²) in [5.41, 5.74) is 0. The number of rotatable bonds is 7. The molecule has 110 valence electrons. The van der Waals surface area contributed by atoms with Crippen LogP contribution in [0.5, 0.6) is 0 Å². The number of likely N-dealkylation sites (tertiary alicyclic amines) is 1. The molecule has 0 radical (unpaired) electrons. The quantitative estimate of drug-likeness (QED) is 0.527. The lowest BCUT2D eigenvalue weighted by Gasteiger charge is -2.26. The predicted molar refractivity (Wildman–Crippen MR) is 74.7 cm³/mol. The summed E-state index contributed by atoms with van der Waals surface area (Å²) in [6.45, 7) is 6.35. The highest BCUT2D eigenvalue weighted by Crippen LogP contribution is 2.12. The van der Waals surface area contributed by atoms with Gasteiger partial charge in [0.05, 0.1) is 6.61 Å². The van der Waals surface area contributed by atoms with Crippen molar-refractivity contribution in [3.63, 3.8) is 0 Å². The van der Waals surface area contributed by atoms with Gasteiger partial charge in [-0.3, -0.25) is 9.59 Å². The van der Waals surface area contributed by atoms with Gasteiger partial charge in [0.1, 0.15) is 0 Å². The third-order valence-electron chi connectivity index (χ3n) is 3.31. The monoisotopic (exact) mass is 269 g/mol. The van der Waals surface area contributed by atoms with E-state index < -0.39 is 0 Å². The normalized spacial score (nSPS) is 15.6. The number of carbonyl (C=O) groups is 2. The van der Waals surface area contributed by atoms with E-state index >= 15 is 0 Å². The van der Waals surface area contributed by atoms with Gasteiger partial charge in [0.2, 0.25) is 5.91 Å². The Morgan fingerprint density at radius 1 is 1.05 bits per heavy atom. The van der Waals surface area contributed by atoms with Crippen LogP contribution < -0.4 is 0 Å². The zero-order chi connectivity index (χ0) is 14.1. The number of nitrogens with zero attached hydrogens (tertiary/aromatic N) is 1. The fourth-order valence-corrected chi connectivity index (χ4v) is 2.18. The van der Waals surface area contributed by atoms with Crippen LogP contribution in [0.2, 0.25) is 0 Å². The van der Waals surface area contributed by atoms with Crippen LogP contribution in [0.3, 0.4) is 0 Å². The number of hydrogen-bond donors (Lipinski definition) is 0. The molecule has 4 heteroatoms. The summed E-state index contributed by atoms with van der Waals surface area (Å²) in [7, 11) is 0. The zero-order valence-corrected chi connectivity index (χ0v) is 12.3. The predicted octanol–water partition coefficient (Wildman–Crippen LogP) is 2.76. The number of amides is 1. The number of hydrogen-bond acceptors (Lipinski definition) is 3. The molecule has 0 aromatic rings. The third kappa shape index (κ3) is 7.19. The van der Waals surface area contributed by atoms with E-state index in [9.17, 15) is 9.59 Å². The molecule has 0 aliphatic carbocycles. The van der Waals surface area contributed by atoms with Crippen molar-refractivity contribution >= 4 is 11.9 Å². The Hall–Kier alpha value is -1.06. The fourth-order valence-electron chi connectivity index (χ4n) is 2.18. The second kappa shape index (κ2) is 8.94. The van der Waals surface area contributed by atoms with E-state index in [1.807, 2.05) is 18.7 Å².